The average molecular weight is 311 g/mol. The first-order valence-electron chi connectivity index (χ1n) is 8.25. The molecule has 5 heteroatoms. The summed E-state index contributed by atoms with van der Waals surface area (Å²) in [6.45, 7) is 9.82. The lowest BCUT2D eigenvalue weighted by molar-refractivity contribution is -0.110. The molecule has 126 valence electrons. The Labute approximate surface area is 133 Å². The van der Waals surface area contributed by atoms with Crippen LogP contribution in [0.2, 0.25) is 0 Å². The molecule has 1 saturated heterocycles. The maximum absolute atomic E-state index is 12.7. The lowest BCUT2D eigenvalue weighted by Gasteiger charge is -2.42. The van der Waals surface area contributed by atoms with Crippen molar-refractivity contribution in [1.82, 2.24) is 4.90 Å². The van der Waals surface area contributed by atoms with E-state index in [0.29, 0.717) is 18.9 Å². The van der Waals surface area contributed by atoms with Gasteiger partial charge in [-0.25, -0.2) is 4.79 Å². The first-order chi connectivity index (χ1) is 10.2. The fraction of sp³-hybridized carbons (Fsp3) is 0.882. The van der Waals surface area contributed by atoms with Crippen LogP contribution in [0.5, 0.6) is 0 Å². The van der Waals surface area contributed by atoms with Crippen LogP contribution < -0.4 is 0 Å². The zero-order valence-electron chi connectivity index (χ0n) is 14.4. The molecule has 0 aromatic rings. The van der Waals surface area contributed by atoms with Gasteiger partial charge in [0.1, 0.15) is 17.6 Å². The number of amides is 1. The van der Waals surface area contributed by atoms with Crippen molar-refractivity contribution in [3.8, 4) is 0 Å². The Morgan fingerprint density at radius 3 is 2.50 bits per heavy atom. The number of aldehydes is 1. The van der Waals surface area contributed by atoms with Crippen molar-refractivity contribution in [3.63, 3.8) is 0 Å². The third-order valence-electron chi connectivity index (χ3n) is 4.73. The van der Waals surface area contributed by atoms with E-state index in [9.17, 15) is 9.59 Å². The smallest absolute Gasteiger partial charge is 0.412 e. The van der Waals surface area contributed by atoms with E-state index >= 15 is 0 Å². The van der Waals surface area contributed by atoms with Gasteiger partial charge in [0, 0.05) is 6.42 Å². The first-order valence-corrected chi connectivity index (χ1v) is 8.25. The van der Waals surface area contributed by atoms with Crippen molar-refractivity contribution in [3.05, 3.63) is 0 Å². The molecule has 2 atom stereocenters. The van der Waals surface area contributed by atoms with Gasteiger partial charge in [0.05, 0.1) is 12.6 Å². The van der Waals surface area contributed by atoms with Crippen LogP contribution in [0, 0.1) is 11.8 Å². The number of hydrogen-bond acceptors (Lipinski definition) is 4. The zero-order chi connectivity index (χ0) is 16.5. The summed E-state index contributed by atoms with van der Waals surface area (Å²) in [5.41, 5.74) is -1.24. The Morgan fingerprint density at radius 2 is 2.05 bits per heavy atom. The molecule has 22 heavy (non-hydrogen) atoms. The van der Waals surface area contributed by atoms with Crippen LogP contribution in [-0.2, 0) is 14.3 Å². The lowest BCUT2D eigenvalue weighted by Crippen LogP contribution is -2.53. The van der Waals surface area contributed by atoms with Gasteiger partial charge in [-0.1, -0.05) is 19.3 Å². The fourth-order valence-electron chi connectivity index (χ4n) is 3.46. The molecule has 2 fully saturated rings. The van der Waals surface area contributed by atoms with Crippen molar-refractivity contribution in [2.24, 2.45) is 11.8 Å². The molecular weight excluding hydrogens is 282 g/mol. The Hall–Kier alpha value is -1.10. The summed E-state index contributed by atoms with van der Waals surface area (Å²) in [6.07, 6.45) is 4.59. The molecule has 0 radical (unpaired) electrons. The van der Waals surface area contributed by atoms with E-state index in [1.54, 1.807) is 4.90 Å². The molecule has 1 amide bonds. The Bertz CT molecular complexity index is 423. The number of carbonyl (C=O) groups is 2. The molecule has 2 rings (SSSR count). The van der Waals surface area contributed by atoms with E-state index in [4.69, 9.17) is 9.47 Å². The van der Waals surface area contributed by atoms with Crippen LogP contribution in [0.4, 0.5) is 4.79 Å². The van der Waals surface area contributed by atoms with Crippen molar-refractivity contribution < 1.29 is 19.1 Å². The quantitative estimate of drug-likeness (QED) is 0.747. The van der Waals surface area contributed by atoms with Gasteiger partial charge in [-0.2, -0.15) is 0 Å². The van der Waals surface area contributed by atoms with Crippen molar-refractivity contribution in [1.29, 1.82) is 0 Å². The topological polar surface area (TPSA) is 55.8 Å². The second-order valence-electron chi connectivity index (χ2n) is 7.93. The molecule has 1 saturated carbocycles. The molecule has 1 heterocycles. The summed E-state index contributed by atoms with van der Waals surface area (Å²) in [5.74, 6) is 0.679. The van der Waals surface area contributed by atoms with E-state index < -0.39 is 11.3 Å². The van der Waals surface area contributed by atoms with Gasteiger partial charge >= 0.3 is 6.09 Å². The summed E-state index contributed by atoms with van der Waals surface area (Å²) < 4.78 is 11.4. The van der Waals surface area contributed by atoms with Gasteiger partial charge in [0.2, 0.25) is 0 Å². The third kappa shape index (κ3) is 3.62. The summed E-state index contributed by atoms with van der Waals surface area (Å²) in [6, 6.07) is -0.0830. The summed E-state index contributed by atoms with van der Waals surface area (Å²) in [7, 11) is 0. The Balaban J connectivity index is 2.20. The molecule has 1 aliphatic heterocycles. The lowest BCUT2D eigenvalue weighted by atomic mass is 9.71. The van der Waals surface area contributed by atoms with E-state index in [2.05, 4.69) is 0 Å². The highest BCUT2D eigenvalue weighted by Crippen LogP contribution is 2.42. The standard InChI is InChI=1S/C17H29NO4/c1-16(2,3)22-15(20)18-14(11-21-17(18,4)5)13(9-10-19)12-7-6-8-12/h10,12-14H,6-9,11H2,1-5H3/t13-,14-/m0/s1. The average Bonchev–Trinajstić information content (AvgIpc) is 2.59. The molecule has 0 N–H and O–H groups in total. The van der Waals surface area contributed by atoms with Gasteiger partial charge < -0.3 is 14.3 Å². The van der Waals surface area contributed by atoms with Gasteiger partial charge in [-0.3, -0.25) is 4.90 Å². The maximum atomic E-state index is 12.7. The van der Waals surface area contributed by atoms with Crippen LogP contribution in [0.25, 0.3) is 0 Å². The van der Waals surface area contributed by atoms with Crippen molar-refractivity contribution >= 4 is 12.4 Å². The summed E-state index contributed by atoms with van der Waals surface area (Å²) in [4.78, 5) is 25.5. The highest BCUT2D eigenvalue weighted by atomic mass is 16.6. The van der Waals surface area contributed by atoms with E-state index in [-0.39, 0.29) is 18.1 Å². The van der Waals surface area contributed by atoms with Gasteiger partial charge in [0.15, 0.2) is 0 Å². The van der Waals surface area contributed by atoms with Crippen molar-refractivity contribution in [2.45, 2.75) is 77.7 Å². The minimum absolute atomic E-state index is 0.0830. The predicted octanol–water partition coefficient (Wildman–Crippen LogP) is 3.36. The molecule has 0 aromatic carbocycles. The predicted molar refractivity (Wildman–Crippen MR) is 83.4 cm³/mol. The minimum Gasteiger partial charge on any atom is -0.444 e. The number of nitrogens with zero attached hydrogens (tertiary/aromatic N) is 1. The summed E-state index contributed by atoms with van der Waals surface area (Å²) in [5, 5.41) is 0. The van der Waals surface area contributed by atoms with Crippen LogP contribution in [0.15, 0.2) is 0 Å². The van der Waals surface area contributed by atoms with Gasteiger partial charge in [-0.05, 0) is 46.5 Å². The van der Waals surface area contributed by atoms with Crippen LogP contribution in [0.1, 0.15) is 60.3 Å². The minimum atomic E-state index is -0.697. The molecule has 1 aliphatic carbocycles. The number of rotatable bonds is 4. The number of ether oxygens (including phenoxy) is 2. The largest absolute Gasteiger partial charge is 0.444 e. The van der Waals surface area contributed by atoms with Gasteiger partial charge in [-0.15, -0.1) is 0 Å². The number of carbonyl (C=O) groups excluding carboxylic acids is 2. The second-order valence-corrected chi connectivity index (χ2v) is 7.93. The maximum Gasteiger partial charge on any atom is 0.412 e. The van der Waals surface area contributed by atoms with E-state index in [0.717, 1.165) is 19.1 Å². The third-order valence-corrected chi connectivity index (χ3v) is 4.73. The van der Waals surface area contributed by atoms with Crippen LogP contribution in [0.3, 0.4) is 0 Å². The molecule has 0 bridgehead atoms. The van der Waals surface area contributed by atoms with E-state index in [1.807, 2.05) is 34.6 Å². The fourth-order valence-corrected chi connectivity index (χ4v) is 3.46. The second kappa shape index (κ2) is 6.19. The molecular formula is C17H29NO4. The first kappa shape index (κ1) is 17.3. The normalized spacial score (nSPS) is 26.4. The SMILES string of the molecule is CC(C)(C)OC(=O)N1[C@H]([C@@H](CC=O)C2CCC2)COC1(C)C. The van der Waals surface area contributed by atoms with Crippen molar-refractivity contribution in [2.75, 3.05) is 6.61 Å². The molecule has 0 aromatic heterocycles. The molecule has 5 nitrogen and oxygen atoms in total. The highest BCUT2D eigenvalue weighted by Gasteiger charge is 2.50. The van der Waals surface area contributed by atoms with Gasteiger partial charge in [0.25, 0.3) is 0 Å². The monoisotopic (exact) mass is 311 g/mol. The molecule has 0 spiro atoms. The Morgan fingerprint density at radius 1 is 1.41 bits per heavy atom. The van der Waals surface area contributed by atoms with E-state index in [1.165, 1.54) is 6.42 Å². The van der Waals surface area contributed by atoms with Crippen LogP contribution >= 0.6 is 0 Å². The van der Waals surface area contributed by atoms with Crippen LogP contribution in [-0.4, -0.2) is 41.3 Å². The Kier molecular flexibility index (Phi) is 4.85. The highest BCUT2D eigenvalue weighted by molar-refractivity contribution is 5.70. The molecule has 2 aliphatic rings. The number of hydrogen-bond donors (Lipinski definition) is 0. The zero-order valence-corrected chi connectivity index (χ0v) is 14.4. The summed E-state index contributed by atoms with van der Waals surface area (Å²) >= 11 is 0. The molecule has 0 unspecified atom stereocenters.